The van der Waals surface area contributed by atoms with Gasteiger partial charge in [0, 0.05) is 43.6 Å². The molecule has 2 aromatic rings. The molecule has 0 aromatic carbocycles. The molecule has 0 aliphatic heterocycles. The third kappa shape index (κ3) is 5.11. The molecule has 0 N–H and O–H groups in total. The van der Waals surface area contributed by atoms with Gasteiger partial charge in [0.05, 0.1) is 0 Å². The molecule has 2 rings (SSSR count). The molecule has 0 bridgehead atoms. The summed E-state index contributed by atoms with van der Waals surface area (Å²) in [4.78, 5) is 10.1. The highest BCUT2D eigenvalue weighted by atomic mass is 15.1. The second-order valence-corrected chi connectivity index (χ2v) is 4.02. The number of anilines is 1. The summed E-state index contributed by atoms with van der Waals surface area (Å²) in [5, 5.41) is 0. The number of hydrogen-bond donors (Lipinski definition) is 0. The number of aromatic nitrogens is 2. The SMILES string of the molecule is CN(C)c1ccncc1.Cc1cccc(C)n1. The minimum atomic E-state index is 1.09. The van der Waals surface area contributed by atoms with Crippen LogP contribution in [0.4, 0.5) is 5.69 Å². The van der Waals surface area contributed by atoms with Crippen molar-refractivity contribution >= 4 is 5.69 Å². The van der Waals surface area contributed by atoms with Crippen molar-refractivity contribution in [2.75, 3.05) is 19.0 Å². The molecule has 0 radical (unpaired) electrons. The number of rotatable bonds is 1. The molecule has 90 valence electrons. The predicted octanol–water partition coefficient (Wildman–Crippen LogP) is 2.85. The van der Waals surface area contributed by atoms with Crippen LogP contribution in [0.3, 0.4) is 0 Å². The standard InChI is InChI=1S/C7H10N2.C7H9N/c1-9(2)7-3-5-8-6-4-7;1-6-4-3-5-7(2)8-6/h3-6H,1-2H3;3-5H,1-2H3. The van der Waals surface area contributed by atoms with E-state index < -0.39 is 0 Å². The van der Waals surface area contributed by atoms with Crippen molar-refractivity contribution in [3.63, 3.8) is 0 Å². The Bertz CT molecular complexity index is 421. The lowest BCUT2D eigenvalue weighted by Gasteiger charge is -2.10. The Balaban J connectivity index is 0.000000171. The molecular formula is C14H19N3. The van der Waals surface area contributed by atoms with Gasteiger partial charge in [-0.1, -0.05) is 6.07 Å². The number of hydrogen-bond acceptors (Lipinski definition) is 3. The Morgan fingerprint density at radius 1 is 0.882 bits per heavy atom. The summed E-state index contributed by atoms with van der Waals surface area (Å²) < 4.78 is 0. The van der Waals surface area contributed by atoms with Gasteiger partial charge in [0.25, 0.3) is 0 Å². The van der Waals surface area contributed by atoms with Crippen molar-refractivity contribution in [2.24, 2.45) is 0 Å². The maximum Gasteiger partial charge on any atom is 0.0391 e. The van der Waals surface area contributed by atoms with Crippen LogP contribution in [0.1, 0.15) is 11.4 Å². The van der Waals surface area contributed by atoms with Gasteiger partial charge in [0.15, 0.2) is 0 Å². The highest BCUT2D eigenvalue weighted by Gasteiger charge is 1.88. The molecule has 0 aliphatic carbocycles. The van der Waals surface area contributed by atoms with Crippen LogP contribution in [-0.4, -0.2) is 24.1 Å². The van der Waals surface area contributed by atoms with Gasteiger partial charge < -0.3 is 4.90 Å². The molecule has 0 unspecified atom stereocenters. The Kier molecular flexibility index (Phi) is 5.14. The summed E-state index contributed by atoms with van der Waals surface area (Å²) in [5.41, 5.74) is 3.36. The molecule has 3 heteroatoms. The van der Waals surface area contributed by atoms with Crippen LogP contribution in [-0.2, 0) is 0 Å². The van der Waals surface area contributed by atoms with Gasteiger partial charge in [-0.3, -0.25) is 9.97 Å². The van der Waals surface area contributed by atoms with Crippen LogP contribution in [0, 0.1) is 13.8 Å². The number of nitrogens with zero attached hydrogens (tertiary/aromatic N) is 3. The Morgan fingerprint density at radius 2 is 1.41 bits per heavy atom. The molecule has 0 saturated carbocycles. The van der Waals surface area contributed by atoms with Crippen LogP contribution in [0.2, 0.25) is 0 Å². The van der Waals surface area contributed by atoms with Crippen LogP contribution >= 0.6 is 0 Å². The molecular weight excluding hydrogens is 210 g/mol. The van der Waals surface area contributed by atoms with Crippen molar-refractivity contribution in [1.82, 2.24) is 9.97 Å². The molecule has 0 aliphatic rings. The lowest BCUT2D eigenvalue weighted by atomic mass is 10.3. The minimum Gasteiger partial charge on any atom is -0.378 e. The summed E-state index contributed by atoms with van der Waals surface area (Å²) in [6, 6.07) is 9.94. The van der Waals surface area contributed by atoms with E-state index in [0.29, 0.717) is 0 Å². The van der Waals surface area contributed by atoms with Crippen LogP contribution < -0.4 is 4.90 Å². The molecule has 2 aromatic heterocycles. The van der Waals surface area contributed by atoms with Crippen LogP contribution in [0.25, 0.3) is 0 Å². The van der Waals surface area contributed by atoms with Gasteiger partial charge >= 0.3 is 0 Å². The molecule has 0 fully saturated rings. The first-order valence-corrected chi connectivity index (χ1v) is 5.57. The van der Waals surface area contributed by atoms with E-state index in [1.54, 1.807) is 12.4 Å². The van der Waals surface area contributed by atoms with E-state index in [2.05, 4.69) is 9.97 Å². The Labute approximate surface area is 103 Å². The van der Waals surface area contributed by atoms with Crippen molar-refractivity contribution < 1.29 is 0 Å². The lowest BCUT2D eigenvalue weighted by Crippen LogP contribution is -2.07. The summed E-state index contributed by atoms with van der Waals surface area (Å²) in [6.45, 7) is 3.99. The third-order valence-corrected chi connectivity index (χ3v) is 2.21. The van der Waals surface area contributed by atoms with Crippen molar-refractivity contribution in [3.05, 3.63) is 54.1 Å². The topological polar surface area (TPSA) is 29.0 Å². The third-order valence-electron chi connectivity index (χ3n) is 2.21. The zero-order valence-electron chi connectivity index (χ0n) is 10.9. The first-order valence-electron chi connectivity index (χ1n) is 5.57. The Morgan fingerprint density at radius 3 is 1.71 bits per heavy atom. The van der Waals surface area contributed by atoms with Gasteiger partial charge in [-0.15, -0.1) is 0 Å². The lowest BCUT2D eigenvalue weighted by molar-refractivity contribution is 1.12. The first-order chi connectivity index (χ1) is 8.09. The van der Waals surface area contributed by atoms with E-state index >= 15 is 0 Å². The fourth-order valence-electron chi connectivity index (χ4n) is 1.32. The number of aryl methyl sites for hydroxylation is 2. The molecule has 2 heterocycles. The van der Waals surface area contributed by atoms with E-state index in [1.165, 1.54) is 5.69 Å². The second-order valence-electron chi connectivity index (χ2n) is 4.02. The van der Waals surface area contributed by atoms with Gasteiger partial charge in [-0.05, 0) is 38.1 Å². The molecule has 0 atom stereocenters. The van der Waals surface area contributed by atoms with E-state index in [0.717, 1.165) is 11.4 Å². The largest absolute Gasteiger partial charge is 0.378 e. The maximum absolute atomic E-state index is 4.17. The predicted molar refractivity (Wildman–Crippen MR) is 72.3 cm³/mol. The fraction of sp³-hybridized carbons (Fsp3) is 0.286. The van der Waals surface area contributed by atoms with Gasteiger partial charge in [-0.2, -0.15) is 0 Å². The summed E-state index contributed by atoms with van der Waals surface area (Å²) >= 11 is 0. The first kappa shape index (κ1) is 13.2. The van der Waals surface area contributed by atoms with Crippen molar-refractivity contribution in [1.29, 1.82) is 0 Å². The van der Waals surface area contributed by atoms with Gasteiger partial charge in [0.2, 0.25) is 0 Å². The van der Waals surface area contributed by atoms with Gasteiger partial charge in [-0.25, -0.2) is 0 Å². The maximum atomic E-state index is 4.17. The summed E-state index contributed by atoms with van der Waals surface area (Å²) in [7, 11) is 4.02. The molecule has 0 saturated heterocycles. The minimum absolute atomic E-state index is 1.09. The molecule has 0 amide bonds. The normalized spacial score (nSPS) is 9.18. The van der Waals surface area contributed by atoms with Crippen LogP contribution in [0.15, 0.2) is 42.7 Å². The van der Waals surface area contributed by atoms with Crippen molar-refractivity contribution in [3.8, 4) is 0 Å². The average Bonchev–Trinajstić information content (AvgIpc) is 2.30. The molecule has 0 spiro atoms. The molecule has 17 heavy (non-hydrogen) atoms. The van der Waals surface area contributed by atoms with Gasteiger partial charge in [0.1, 0.15) is 0 Å². The monoisotopic (exact) mass is 229 g/mol. The molecule has 3 nitrogen and oxygen atoms in total. The quantitative estimate of drug-likeness (QED) is 0.753. The summed E-state index contributed by atoms with van der Waals surface area (Å²) in [5.74, 6) is 0. The van der Waals surface area contributed by atoms with E-state index in [9.17, 15) is 0 Å². The highest BCUT2D eigenvalue weighted by molar-refractivity contribution is 5.42. The van der Waals surface area contributed by atoms with E-state index in [4.69, 9.17) is 0 Å². The second kappa shape index (κ2) is 6.63. The highest BCUT2D eigenvalue weighted by Crippen LogP contribution is 2.05. The zero-order chi connectivity index (χ0) is 12.7. The zero-order valence-corrected chi connectivity index (χ0v) is 10.9. The summed E-state index contributed by atoms with van der Waals surface area (Å²) in [6.07, 6.45) is 3.57. The van der Waals surface area contributed by atoms with Crippen molar-refractivity contribution in [2.45, 2.75) is 13.8 Å². The number of pyridine rings is 2. The van der Waals surface area contributed by atoms with Crippen LogP contribution in [0.5, 0.6) is 0 Å². The van der Waals surface area contributed by atoms with E-state index in [-0.39, 0.29) is 0 Å². The smallest absolute Gasteiger partial charge is 0.0391 e. The fourth-order valence-corrected chi connectivity index (χ4v) is 1.32. The van der Waals surface area contributed by atoms with E-state index in [1.807, 2.05) is 63.2 Å². The average molecular weight is 229 g/mol. The Hall–Kier alpha value is -1.90.